The van der Waals surface area contributed by atoms with Crippen LogP contribution in [-0.2, 0) is 4.79 Å². The third-order valence-electron chi connectivity index (χ3n) is 4.56. The molecule has 1 saturated heterocycles. The highest BCUT2D eigenvalue weighted by atomic mass is 35.5. The Bertz CT molecular complexity index is 940. The maximum atomic E-state index is 11.3. The minimum absolute atomic E-state index is 0.355. The van der Waals surface area contributed by atoms with Crippen molar-refractivity contribution in [3.05, 3.63) is 47.7 Å². The molecule has 0 radical (unpaired) electrons. The van der Waals surface area contributed by atoms with E-state index < -0.39 is 5.97 Å². The van der Waals surface area contributed by atoms with Gasteiger partial charge in [-0.2, -0.15) is 5.10 Å². The Morgan fingerprint density at radius 2 is 2.20 bits per heavy atom. The minimum atomic E-state index is -0.746. The third-order valence-corrected chi connectivity index (χ3v) is 4.80. The van der Waals surface area contributed by atoms with Crippen molar-refractivity contribution >= 4 is 28.9 Å². The topological polar surface area (TPSA) is 70.7 Å². The molecule has 128 valence electrons. The van der Waals surface area contributed by atoms with Crippen LogP contribution in [0.3, 0.4) is 0 Å². The summed E-state index contributed by atoms with van der Waals surface area (Å²) >= 11 is 6.08. The molecule has 0 saturated carbocycles. The van der Waals surface area contributed by atoms with Crippen molar-refractivity contribution in [1.29, 1.82) is 0 Å². The molecule has 3 aromatic rings. The predicted molar refractivity (Wildman–Crippen MR) is 96.0 cm³/mol. The van der Waals surface area contributed by atoms with Crippen LogP contribution in [0.1, 0.15) is 12.8 Å². The van der Waals surface area contributed by atoms with Crippen LogP contribution in [0.4, 0.5) is 5.82 Å². The molecule has 1 fully saturated rings. The van der Waals surface area contributed by atoms with Gasteiger partial charge in [0.05, 0.1) is 11.6 Å². The van der Waals surface area contributed by atoms with Gasteiger partial charge in [0.15, 0.2) is 5.82 Å². The lowest BCUT2D eigenvalue weighted by molar-refractivity contribution is -0.141. The van der Waals surface area contributed by atoms with E-state index in [-0.39, 0.29) is 5.92 Å². The molecule has 1 N–H and O–H groups in total. The van der Waals surface area contributed by atoms with Gasteiger partial charge in [0.1, 0.15) is 5.52 Å². The van der Waals surface area contributed by atoms with Crippen LogP contribution in [-0.4, -0.2) is 38.8 Å². The smallest absolute Gasteiger partial charge is 0.308 e. The number of carbonyl (C=O) groups is 1. The van der Waals surface area contributed by atoms with Gasteiger partial charge in [0, 0.05) is 36.1 Å². The number of aromatic nitrogens is 3. The highest BCUT2D eigenvalue weighted by molar-refractivity contribution is 6.30. The van der Waals surface area contributed by atoms with E-state index in [1.54, 1.807) is 16.9 Å². The predicted octanol–water partition coefficient (Wildman–Crippen LogP) is 3.35. The van der Waals surface area contributed by atoms with Gasteiger partial charge in [-0.1, -0.05) is 23.7 Å². The Hall–Kier alpha value is -2.60. The maximum absolute atomic E-state index is 11.3. The van der Waals surface area contributed by atoms with Gasteiger partial charge in [-0.25, -0.2) is 9.50 Å². The molecule has 1 aromatic carbocycles. The summed E-state index contributed by atoms with van der Waals surface area (Å²) in [4.78, 5) is 17.9. The normalized spacial score (nSPS) is 17.8. The minimum Gasteiger partial charge on any atom is -0.481 e. The second-order valence-electron chi connectivity index (χ2n) is 6.24. The number of fused-ring (bicyclic) bond motifs is 1. The summed E-state index contributed by atoms with van der Waals surface area (Å²) in [6.07, 6.45) is 5.05. The van der Waals surface area contributed by atoms with Crippen LogP contribution in [0.25, 0.3) is 16.8 Å². The lowest BCUT2D eigenvalue weighted by Gasteiger charge is -2.31. The number of benzene rings is 1. The number of piperidine rings is 1. The average molecular weight is 357 g/mol. The largest absolute Gasteiger partial charge is 0.481 e. The van der Waals surface area contributed by atoms with Gasteiger partial charge >= 0.3 is 5.97 Å². The fourth-order valence-electron chi connectivity index (χ4n) is 3.31. The van der Waals surface area contributed by atoms with E-state index in [1.807, 2.05) is 35.2 Å². The zero-order chi connectivity index (χ0) is 17.4. The molecule has 7 heteroatoms. The van der Waals surface area contributed by atoms with Crippen molar-refractivity contribution in [3.63, 3.8) is 0 Å². The summed E-state index contributed by atoms with van der Waals surface area (Å²) in [5.74, 6) is -0.329. The number of aliphatic carboxylic acids is 1. The van der Waals surface area contributed by atoms with Crippen LogP contribution in [0.5, 0.6) is 0 Å². The lowest BCUT2D eigenvalue weighted by Crippen LogP contribution is -2.39. The molecule has 0 spiro atoms. The molecule has 1 atom stereocenters. The number of carboxylic acids is 1. The van der Waals surface area contributed by atoms with Crippen molar-refractivity contribution in [2.24, 2.45) is 5.92 Å². The van der Waals surface area contributed by atoms with Gasteiger partial charge in [-0.15, -0.1) is 0 Å². The second-order valence-corrected chi connectivity index (χ2v) is 6.68. The number of nitrogens with zero attached hydrogens (tertiary/aromatic N) is 4. The highest BCUT2D eigenvalue weighted by Gasteiger charge is 2.27. The fraction of sp³-hybridized carbons (Fsp3) is 0.278. The summed E-state index contributed by atoms with van der Waals surface area (Å²) in [6.45, 7) is 1.27. The summed E-state index contributed by atoms with van der Waals surface area (Å²) in [6, 6.07) is 9.52. The van der Waals surface area contributed by atoms with Crippen molar-refractivity contribution in [3.8, 4) is 11.3 Å². The molecule has 0 bridgehead atoms. The zero-order valence-corrected chi connectivity index (χ0v) is 14.2. The summed E-state index contributed by atoms with van der Waals surface area (Å²) in [5, 5.41) is 14.6. The molecular weight excluding hydrogens is 340 g/mol. The van der Waals surface area contributed by atoms with E-state index in [0.717, 1.165) is 35.6 Å². The Balaban J connectivity index is 1.74. The van der Waals surface area contributed by atoms with E-state index >= 15 is 0 Å². The van der Waals surface area contributed by atoms with E-state index in [0.29, 0.717) is 18.0 Å². The van der Waals surface area contributed by atoms with Crippen LogP contribution < -0.4 is 4.90 Å². The van der Waals surface area contributed by atoms with Gasteiger partial charge in [0.25, 0.3) is 0 Å². The molecule has 4 rings (SSSR count). The van der Waals surface area contributed by atoms with Crippen molar-refractivity contribution in [2.45, 2.75) is 12.8 Å². The number of anilines is 1. The number of rotatable bonds is 3. The molecule has 0 amide bonds. The number of halogens is 1. The first-order valence-electron chi connectivity index (χ1n) is 8.20. The van der Waals surface area contributed by atoms with Crippen molar-refractivity contribution in [1.82, 2.24) is 14.6 Å². The zero-order valence-electron chi connectivity index (χ0n) is 13.5. The van der Waals surface area contributed by atoms with E-state index in [9.17, 15) is 9.90 Å². The number of hydrogen-bond acceptors (Lipinski definition) is 4. The Morgan fingerprint density at radius 3 is 3.00 bits per heavy atom. The Labute approximate surface area is 149 Å². The second kappa shape index (κ2) is 6.37. The SMILES string of the molecule is O=C(O)C1CCCN(c2nccn3nc(-c4cccc(Cl)c4)cc23)C1. The lowest BCUT2D eigenvalue weighted by atomic mass is 9.98. The van der Waals surface area contributed by atoms with Gasteiger partial charge in [-0.3, -0.25) is 4.79 Å². The molecule has 0 aliphatic carbocycles. The van der Waals surface area contributed by atoms with E-state index in [4.69, 9.17) is 11.6 Å². The molecule has 6 nitrogen and oxygen atoms in total. The first-order chi connectivity index (χ1) is 12.1. The number of carboxylic acid groups (broad SMARTS) is 1. The van der Waals surface area contributed by atoms with Crippen LogP contribution in [0, 0.1) is 5.92 Å². The first-order valence-corrected chi connectivity index (χ1v) is 8.58. The fourth-order valence-corrected chi connectivity index (χ4v) is 3.50. The van der Waals surface area contributed by atoms with Crippen molar-refractivity contribution in [2.75, 3.05) is 18.0 Å². The van der Waals surface area contributed by atoms with Gasteiger partial charge < -0.3 is 10.0 Å². The van der Waals surface area contributed by atoms with Crippen LogP contribution >= 0.6 is 11.6 Å². The Kier molecular flexibility index (Phi) is 4.05. The van der Waals surface area contributed by atoms with Crippen LogP contribution in [0.2, 0.25) is 5.02 Å². The number of hydrogen-bond donors (Lipinski definition) is 1. The molecule has 2 aromatic heterocycles. The molecule has 1 unspecified atom stereocenters. The summed E-state index contributed by atoms with van der Waals surface area (Å²) in [5.41, 5.74) is 2.61. The summed E-state index contributed by atoms with van der Waals surface area (Å²) in [7, 11) is 0. The molecular formula is C18H17ClN4O2. The van der Waals surface area contributed by atoms with E-state index in [2.05, 4.69) is 10.1 Å². The monoisotopic (exact) mass is 356 g/mol. The third kappa shape index (κ3) is 3.05. The Morgan fingerprint density at radius 1 is 1.32 bits per heavy atom. The van der Waals surface area contributed by atoms with E-state index in [1.165, 1.54) is 0 Å². The average Bonchev–Trinajstić information content (AvgIpc) is 3.06. The quantitative estimate of drug-likeness (QED) is 0.779. The standard InChI is InChI=1S/C18H17ClN4O2/c19-14-5-1-3-12(9-14)15-10-16-17(20-6-8-23(16)21-15)22-7-2-4-13(11-22)18(24)25/h1,3,5-6,8-10,13H,2,4,7,11H2,(H,24,25). The van der Waals surface area contributed by atoms with Crippen LogP contribution in [0.15, 0.2) is 42.7 Å². The highest BCUT2D eigenvalue weighted by Crippen LogP contribution is 2.29. The molecule has 1 aliphatic rings. The molecule has 25 heavy (non-hydrogen) atoms. The van der Waals surface area contributed by atoms with Crippen molar-refractivity contribution < 1.29 is 9.90 Å². The first kappa shape index (κ1) is 15.9. The molecule has 1 aliphatic heterocycles. The summed E-state index contributed by atoms with van der Waals surface area (Å²) < 4.78 is 1.78. The molecule has 3 heterocycles. The van der Waals surface area contributed by atoms with Gasteiger partial charge in [0.2, 0.25) is 0 Å². The maximum Gasteiger partial charge on any atom is 0.308 e. The van der Waals surface area contributed by atoms with Gasteiger partial charge in [-0.05, 0) is 31.0 Å².